The minimum atomic E-state index is -0.329. The Labute approximate surface area is 151 Å². The van der Waals surface area contributed by atoms with Crippen molar-refractivity contribution < 1.29 is 8.91 Å². The smallest absolute Gasteiger partial charge is 0.194 e. The Kier molecular flexibility index (Phi) is 5.81. The number of piperazine rings is 1. The second-order valence-electron chi connectivity index (χ2n) is 6.07. The Morgan fingerprint density at radius 3 is 2.81 bits per heavy atom. The van der Waals surface area contributed by atoms with E-state index in [2.05, 4.69) is 25.3 Å². The van der Waals surface area contributed by atoms with Crippen LogP contribution in [0.2, 0.25) is 0 Å². The van der Waals surface area contributed by atoms with E-state index in [0.717, 1.165) is 44.4 Å². The summed E-state index contributed by atoms with van der Waals surface area (Å²) < 4.78 is 18.8. The molecule has 3 rings (SSSR count). The molecule has 7 nitrogen and oxygen atoms in total. The first-order valence-corrected chi connectivity index (χ1v) is 8.45. The van der Waals surface area contributed by atoms with Gasteiger partial charge in [0.15, 0.2) is 5.96 Å². The average molecular weight is 356 g/mol. The Hall–Kier alpha value is -2.92. The van der Waals surface area contributed by atoms with Crippen molar-refractivity contribution in [3.63, 3.8) is 0 Å². The molecule has 0 aliphatic carbocycles. The molecule has 0 spiro atoms. The highest BCUT2D eigenvalue weighted by molar-refractivity contribution is 5.80. The van der Waals surface area contributed by atoms with E-state index in [1.807, 2.05) is 12.1 Å². The van der Waals surface area contributed by atoms with Crippen molar-refractivity contribution in [2.45, 2.75) is 13.1 Å². The zero-order valence-electron chi connectivity index (χ0n) is 14.7. The van der Waals surface area contributed by atoms with Gasteiger partial charge in [0.05, 0.1) is 17.3 Å². The predicted molar refractivity (Wildman–Crippen MR) is 94.7 cm³/mol. The number of nitriles is 1. The summed E-state index contributed by atoms with van der Waals surface area (Å²) in [5, 5.41) is 16.1. The molecule has 2 aromatic rings. The summed E-state index contributed by atoms with van der Waals surface area (Å²) in [6.45, 7) is 4.45. The second kappa shape index (κ2) is 8.45. The summed E-state index contributed by atoms with van der Waals surface area (Å²) in [5.41, 5.74) is 1.82. The van der Waals surface area contributed by atoms with Crippen LogP contribution in [0.5, 0.6) is 0 Å². The molecule has 136 valence electrons. The fourth-order valence-corrected chi connectivity index (χ4v) is 2.95. The number of aromatic nitrogens is 1. The highest BCUT2D eigenvalue weighted by Crippen LogP contribution is 2.11. The van der Waals surface area contributed by atoms with Crippen molar-refractivity contribution in [1.82, 2.24) is 20.3 Å². The van der Waals surface area contributed by atoms with Gasteiger partial charge in [0.2, 0.25) is 0 Å². The lowest BCUT2D eigenvalue weighted by Gasteiger charge is -2.36. The molecule has 0 unspecified atom stereocenters. The molecule has 0 bridgehead atoms. The van der Waals surface area contributed by atoms with Crippen LogP contribution in [0.15, 0.2) is 40.0 Å². The van der Waals surface area contributed by atoms with E-state index >= 15 is 0 Å². The number of rotatable bonds is 4. The van der Waals surface area contributed by atoms with E-state index in [1.54, 1.807) is 19.4 Å². The van der Waals surface area contributed by atoms with E-state index in [4.69, 9.17) is 9.78 Å². The average Bonchev–Trinajstić information content (AvgIpc) is 3.18. The fraction of sp³-hybridized carbons (Fsp3) is 0.389. The van der Waals surface area contributed by atoms with Crippen LogP contribution in [0.4, 0.5) is 4.39 Å². The topological polar surface area (TPSA) is 80.7 Å². The van der Waals surface area contributed by atoms with Crippen molar-refractivity contribution in [2.75, 3.05) is 33.2 Å². The molecule has 1 N–H and O–H groups in total. The second-order valence-corrected chi connectivity index (χ2v) is 6.07. The first-order valence-electron chi connectivity index (χ1n) is 8.45. The number of benzene rings is 1. The number of hydrogen-bond donors (Lipinski definition) is 1. The number of halogens is 1. The highest BCUT2D eigenvalue weighted by atomic mass is 19.1. The third kappa shape index (κ3) is 4.37. The third-order valence-corrected chi connectivity index (χ3v) is 4.37. The minimum absolute atomic E-state index is 0.285. The van der Waals surface area contributed by atoms with Crippen LogP contribution in [0.25, 0.3) is 0 Å². The van der Waals surface area contributed by atoms with Crippen LogP contribution in [-0.4, -0.2) is 54.1 Å². The van der Waals surface area contributed by atoms with Crippen LogP contribution in [0, 0.1) is 17.1 Å². The maximum atomic E-state index is 13.9. The van der Waals surface area contributed by atoms with Crippen molar-refractivity contribution in [1.29, 1.82) is 5.26 Å². The lowest BCUT2D eigenvalue weighted by atomic mass is 10.1. The summed E-state index contributed by atoms with van der Waals surface area (Å²) in [5.74, 6) is 0.400. The van der Waals surface area contributed by atoms with Gasteiger partial charge >= 0.3 is 0 Å². The molecule has 1 aromatic carbocycles. The Balaban J connectivity index is 1.53. The quantitative estimate of drug-likeness (QED) is 0.662. The first kappa shape index (κ1) is 17.9. The normalized spacial score (nSPS) is 15.7. The van der Waals surface area contributed by atoms with Gasteiger partial charge in [-0.2, -0.15) is 5.26 Å². The number of nitrogens with zero attached hydrogens (tertiary/aromatic N) is 5. The monoisotopic (exact) mass is 356 g/mol. The molecule has 0 saturated carbocycles. The Bertz CT molecular complexity index is 791. The van der Waals surface area contributed by atoms with Gasteiger partial charge in [-0.1, -0.05) is 5.16 Å². The maximum Gasteiger partial charge on any atom is 0.194 e. The number of aliphatic imine (C=N–C) groups is 1. The standard InChI is InChI=1S/C18H21FN6O/c1-21-18(22-12-15-10-14(11-20)2-3-17(15)19)25-7-5-24(6-8-25)13-16-4-9-26-23-16/h2-4,9-10H,5-8,12-13H2,1H3,(H,21,22). The molecular formula is C18H21FN6O. The summed E-state index contributed by atoms with van der Waals surface area (Å²) in [6.07, 6.45) is 1.58. The number of nitrogens with one attached hydrogen (secondary N) is 1. The molecule has 1 fully saturated rings. The SMILES string of the molecule is CN=C(NCc1cc(C#N)ccc1F)N1CCN(Cc2ccon2)CC1. The summed E-state index contributed by atoms with van der Waals surface area (Å²) in [7, 11) is 1.71. The lowest BCUT2D eigenvalue weighted by Crippen LogP contribution is -2.52. The predicted octanol–water partition coefficient (Wildman–Crippen LogP) is 1.58. The van der Waals surface area contributed by atoms with Crippen LogP contribution in [0.1, 0.15) is 16.8 Å². The number of hydrogen-bond acceptors (Lipinski definition) is 5. The van der Waals surface area contributed by atoms with Crippen molar-refractivity contribution in [3.05, 3.63) is 53.2 Å². The van der Waals surface area contributed by atoms with E-state index in [0.29, 0.717) is 11.1 Å². The molecule has 1 aliphatic rings. The van der Waals surface area contributed by atoms with Gasteiger partial charge < -0.3 is 14.7 Å². The Morgan fingerprint density at radius 1 is 1.35 bits per heavy atom. The maximum absolute atomic E-state index is 13.9. The van der Waals surface area contributed by atoms with Crippen molar-refractivity contribution in [3.8, 4) is 6.07 Å². The largest absolute Gasteiger partial charge is 0.364 e. The molecule has 1 aliphatic heterocycles. The zero-order chi connectivity index (χ0) is 18.4. The van der Waals surface area contributed by atoms with Gasteiger partial charge in [-0.15, -0.1) is 0 Å². The van der Waals surface area contributed by atoms with Gasteiger partial charge in [0, 0.05) is 57.9 Å². The van der Waals surface area contributed by atoms with Gasteiger partial charge in [-0.25, -0.2) is 4.39 Å². The van der Waals surface area contributed by atoms with Crippen molar-refractivity contribution >= 4 is 5.96 Å². The fourth-order valence-electron chi connectivity index (χ4n) is 2.95. The van der Waals surface area contributed by atoms with Gasteiger partial charge in [-0.3, -0.25) is 9.89 Å². The highest BCUT2D eigenvalue weighted by Gasteiger charge is 2.20. The molecule has 2 heterocycles. The first-order chi connectivity index (χ1) is 12.7. The third-order valence-electron chi connectivity index (χ3n) is 4.37. The van der Waals surface area contributed by atoms with Crippen molar-refractivity contribution in [2.24, 2.45) is 4.99 Å². The summed E-state index contributed by atoms with van der Waals surface area (Å²) in [4.78, 5) is 8.75. The lowest BCUT2D eigenvalue weighted by molar-refractivity contribution is 0.169. The van der Waals surface area contributed by atoms with Crippen LogP contribution >= 0.6 is 0 Å². The Morgan fingerprint density at radius 2 is 2.15 bits per heavy atom. The molecule has 1 aromatic heterocycles. The summed E-state index contributed by atoms with van der Waals surface area (Å²) in [6, 6.07) is 8.26. The molecule has 0 radical (unpaired) electrons. The molecule has 26 heavy (non-hydrogen) atoms. The van der Waals surface area contributed by atoms with Crippen LogP contribution < -0.4 is 5.32 Å². The van der Waals surface area contributed by atoms with E-state index < -0.39 is 0 Å². The van der Waals surface area contributed by atoms with E-state index in [1.165, 1.54) is 12.1 Å². The molecule has 0 amide bonds. The minimum Gasteiger partial charge on any atom is -0.364 e. The van der Waals surface area contributed by atoms with Gasteiger partial charge in [0.25, 0.3) is 0 Å². The van der Waals surface area contributed by atoms with Gasteiger partial charge in [0.1, 0.15) is 12.1 Å². The molecule has 8 heteroatoms. The van der Waals surface area contributed by atoms with E-state index in [9.17, 15) is 4.39 Å². The van der Waals surface area contributed by atoms with Crippen LogP contribution in [0.3, 0.4) is 0 Å². The molecule has 0 atom stereocenters. The van der Waals surface area contributed by atoms with Crippen LogP contribution in [-0.2, 0) is 13.1 Å². The summed E-state index contributed by atoms with van der Waals surface area (Å²) >= 11 is 0. The van der Waals surface area contributed by atoms with Gasteiger partial charge in [-0.05, 0) is 18.2 Å². The van der Waals surface area contributed by atoms with E-state index in [-0.39, 0.29) is 12.4 Å². The number of guanidine groups is 1. The molecule has 1 saturated heterocycles. The zero-order valence-corrected chi connectivity index (χ0v) is 14.7. The molecular weight excluding hydrogens is 335 g/mol.